The molecule has 0 saturated carbocycles. The molecule has 156 valence electrons. The van der Waals surface area contributed by atoms with Crippen molar-refractivity contribution in [1.29, 1.82) is 0 Å². The Morgan fingerprint density at radius 3 is 2.52 bits per heavy atom. The van der Waals surface area contributed by atoms with Crippen molar-refractivity contribution in [1.82, 2.24) is 13.9 Å². The third-order valence-corrected chi connectivity index (χ3v) is 7.10. The van der Waals surface area contributed by atoms with Crippen molar-refractivity contribution in [3.05, 3.63) is 30.2 Å². The number of rotatable bonds is 4. The fraction of sp³-hybridized carbons (Fsp3) is 0.474. The van der Waals surface area contributed by atoms with Gasteiger partial charge in [0, 0.05) is 44.0 Å². The van der Waals surface area contributed by atoms with Gasteiger partial charge in [0.1, 0.15) is 19.0 Å². The standard InChI is InChI=1S/C19H24N4O5S/c1-13-20-18(12-22(13)2)29(25,26)23-7-5-14(6-8-23)19(24)21-15-3-4-16-17(11-15)28-10-9-27-16/h3-4,11-12,14H,5-10H2,1-2H3,(H,21,24). The highest BCUT2D eigenvalue weighted by atomic mass is 32.2. The van der Waals surface area contributed by atoms with Crippen LogP contribution in [0.3, 0.4) is 0 Å². The zero-order valence-corrected chi connectivity index (χ0v) is 17.2. The minimum atomic E-state index is -3.64. The molecule has 2 aliphatic heterocycles. The van der Waals surface area contributed by atoms with Gasteiger partial charge in [0.2, 0.25) is 5.91 Å². The Bertz CT molecular complexity index is 1010. The maximum Gasteiger partial charge on any atom is 0.262 e. The first-order valence-corrected chi connectivity index (χ1v) is 11.0. The molecule has 3 heterocycles. The third-order valence-electron chi connectivity index (χ3n) is 5.33. The van der Waals surface area contributed by atoms with E-state index in [1.54, 1.807) is 36.7 Å². The van der Waals surface area contributed by atoms with Gasteiger partial charge in [-0.1, -0.05) is 0 Å². The second kappa shape index (κ2) is 7.68. The maximum atomic E-state index is 12.8. The first kappa shape index (κ1) is 19.7. The molecule has 2 aliphatic rings. The summed E-state index contributed by atoms with van der Waals surface area (Å²) in [5.41, 5.74) is 0.637. The number of nitrogens with zero attached hydrogens (tertiary/aromatic N) is 3. The lowest BCUT2D eigenvalue weighted by molar-refractivity contribution is -0.120. The molecule has 0 aliphatic carbocycles. The zero-order valence-electron chi connectivity index (χ0n) is 16.4. The highest BCUT2D eigenvalue weighted by molar-refractivity contribution is 7.89. The second-order valence-corrected chi connectivity index (χ2v) is 9.15. The van der Waals surface area contributed by atoms with E-state index >= 15 is 0 Å². The number of amides is 1. The van der Waals surface area contributed by atoms with Crippen LogP contribution in [0, 0.1) is 12.8 Å². The number of hydrogen-bond acceptors (Lipinski definition) is 6. The van der Waals surface area contributed by atoms with Crippen molar-refractivity contribution in [2.75, 3.05) is 31.6 Å². The number of hydrogen-bond donors (Lipinski definition) is 1. The lowest BCUT2D eigenvalue weighted by atomic mass is 9.97. The molecule has 0 unspecified atom stereocenters. The summed E-state index contributed by atoms with van der Waals surface area (Å²) in [6, 6.07) is 5.29. The Balaban J connectivity index is 1.37. The highest BCUT2D eigenvalue weighted by Crippen LogP contribution is 2.33. The third kappa shape index (κ3) is 3.95. The molecule has 1 saturated heterocycles. The summed E-state index contributed by atoms with van der Waals surface area (Å²) in [7, 11) is -1.88. The molecule has 0 spiro atoms. The van der Waals surface area contributed by atoms with Gasteiger partial charge in [-0.15, -0.1) is 0 Å². The Hall–Kier alpha value is -2.59. The number of sulfonamides is 1. The predicted molar refractivity (Wildman–Crippen MR) is 105 cm³/mol. The number of imidazole rings is 1. The van der Waals surface area contributed by atoms with Crippen LogP contribution in [0.25, 0.3) is 0 Å². The van der Waals surface area contributed by atoms with Crippen molar-refractivity contribution in [2.45, 2.75) is 24.8 Å². The first-order valence-electron chi connectivity index (χ1n) is 9.55. The molecule has 1 aromatic carbocycles. The van der Waals surface area contributed by atoms with Crippen LogP contribution in [-0.2, 0) is 21.9 Å². The van der Waals surface area contributed by atoms with Crippen molar-refractivity contribution in [3.63, 3.8) is 0 Å². The zero-order chi connectivity index (χ0) is 20.6. The van der Waals surface area contributed by atoms with Gasteiger partial charge >= 0.3 is 0 Å². The van der Waals surface area contributed by atoms with E-state index in [-0.39, 0.29) is 29.9 Å². The summed E-state index contributed by atoms with van der Waals surface area (Å²) < 4.78 is 39.7. The number of fused-ring (bicyclic) bond motifs is 1. The van der Waals surface area contributed by atoms with E-state index in [0.29, 0.717) is 49.1 Å². The minimum Gasteiger partial charge on any atom is -0.486 e. The lowest BCUT2D eigenvalue weighted by Gasteiger charge is -2.30. The molecule has 1 amide bonds. The van der Waals surface area contributed by atoms with Crippen LogP contribution in [-0.4, -0.2) is 54.5 Å². The number of carbonyl (C=O) groups excluding carboxylic acids is 1. The number of ether oxygens (including phenoxy) is 2. The molecule has 10 heteroatoms. The van der Waals surface area contributed by atoms with E-state index in [9.17, 15) is 13.2 Å². The Morgan fingerprint density at radius 2 is 1.86 bits per heavy atom. The van der Waals surface area contributed by atoms with Crippen molar-refractivity contribution >= 4 is 21.6 Å². The molecular formula is C19H24N4O5S. The lowest BCUT2D eigenvalue weighted by Crippen LogP contribution is -2.41. The molecule has 1 fully saturated rings. The first-order chi connectivity index (χ1) is 13.8. The number of piperidine rings is 1. The van der Waals surface area contributed by atoms with E-state index in [1.165, 1.54) is 10.5 Å². The van der Waals surface area contributed by atoms with Crippen LogP contribution in [0.2, 0.25) is 0 Å². The number of anilines is 1. The predicted octanol–water partition coefficient (Wildman–Crippen LogP) is 1.54. The van der Waals surface area contributed by atoms with Crippen molar-refractivity contribution in [3.8, 4) is 11.5 Å². The molecule has 1 aromatic heterocycles. The highest BCUT2D eigenvalue weighted by Gasteiger charge is 2.33. The number of carbonyl (C=O) groups is 1. The van der Waals surface area contributed by atoms with Gasteiger partial charge in [0.15, 0.2) is 16.5 Å². The molecule has 0 atom stereocenters. The van der Waals surface area contributed by atoms with Crippen LogP contribution in [0.1, 0.15) is 18.7 Å². The number of aromatic nitrogens is 2. The summed E-state index contributed by atoms with van der Waals surface area (Å²) >= 11 is 0. The van der Waals surface area contributed by atoms with Gasteiger partial charge in [0.25, 0.3) is 10.0 Å². The SMILES string of the molecule is Cc1nc(S(=O)(=O)N2CCC(C(=O)Nc3ccc4c(c3)OCCO4)CC2)cn1C. The summed E-state index contributed by atoms with van der Waals surface area (Å²) in [6.07, 6.45) is 2.44. The molecule has 1 N–H and O–H groups in total. The average Bonchev–Trinajstić information content (AvgIpc) is 3.07. The topological polar surface area (TPSA) is 103 Å². The van der Waals surface area contributed by atoms with Crippen LogP contribution < -0.4 is 14.8 Å². The van der Waals surface area contributed by atoms with E-state index in [4.69, 9.17) is 9.47 Å². The summed E-state index contributed by atoms with van der Waals surface area (Å²) in [4.78, 5) is 16.8. The van der Waals surface area contributed by atoms with Gasteiger partial charge < -0.3 is 19.4 Å². The van der Waals surface area contributed by atoms with Crippen LogP contribution in [0.4, 0.5) is 5.69 Å². The summed E-state index contributed by atoms with van der Waals surface area (Å²) in [5.74, 6) is 1.54. The van der Waals surface area contributed by atoms with E-state index < -0.39 is 10.0 Å². The fourth-order valence-corrected chi connectivity index (χ4v) is 5.00. The second-order valence-electron chi connectivity index (χ2n) is 7.26. The quantitative estimate of drug-likeness (QED) is 0.805. The average molecular weight is 420 g/mol. The molecule has 0 bridgehead atoms. The van der Waals surface area contributed by atoms with Gasteiger partial charge in [-0.3, -0.25) is 4.79 Å². The molecule has 29 heavy (non-hydrogen) atoms. The smallest absolute Gasteiger partial charge is 0.262 e. The van der Waals surface area contributed by atoms with E-state index in [2.05, 4.69) is 10.3 Å². The van der Waals surface area contributed by atoms with E-state index in [0.717, 1.165) is 0 Å². The number of benzene rings is 1. The Morgan fingerprint density at radius 1 is 1.17 bits per heavy atom. The normalized spacial score (nSPS) is 17.9. The van der Waals surface area contributed by atoms with Crippen LogP contribution in [0.15, 0.2) is 29.4 Å². The van der Waals surface area contributed by atoms with Gasteiger partial charge in [-0.25, -0.2) is 13.4 Å². The van der Waals surface area contributed by atoms with E-state index in [1.807, 2.05) is 0 Å². The van der Waals surface area contributed by atoms with Gasteiger partial charge in [0.05, 0.1) is 0 Å². The van der Waals surface area contributed by atoms with Crippen molar-refractivity contribution in [2.24, 2.45) is 13.0 Å². The molecule has 2 aromatic rings. The maximum absolute atomic E-state index is 12.8. The number of nitrogens with one attached hydrogen (secondary N) is 1. The summed E-state index contributed by atoms with van der Waals surface area (Å²) in [5, 5.41) is 2.95. The molecular weight excluding hydrogens is 396 g/mol. The monoisotopic (exact) mass is 420 g/mol. The molecule has 0 radical (unpaired) electrons. The van der Waals surface area contributed by atoms with Crippen LogP contribution >= 0.6 is 0 Å². The summed E-state index contributed by atoms with van der Waals surface area (Å²) in [6.45, 7) is 3.33. The Kier molecular flexibility index (Phi) is 5.22. The molecule has 9 nitrogen and oxygen atoms in total. The van der Waals surface area contributed by atoms with Gasteiger partial charge in [-0.05, 0) is 31.9 Å². The fourth-order valence-electron chi connectivity index (χ4n) is 3.51. The Labute approximate surface area is 169 Å². The minimum absolute atomic E-state index is 0.0525. The number of aryl methyl sites for hydroxylation is 2. The largest absolute Gasteiger partial charge is 0.486 e. The molecule has 4 rings (SSSR count). The van der Waals surface area contributed by atoms with Gasteiger partial charge in [-0.2, -0.15) is 4.31 Å². The van der Waals surface area contributed by atoms with Crippen molar-refractivity contribution < 1.29 is 22.7 Å². The van der Waals surface area contributed by atoms with Crippen LogP contribution in [0.5, 0.6) is 11.5 Å².